The number of carbonyl (C=O) groups is 1. The molecule has 1 amide bonds. The third-order valence-electron chi connectivity index (χ3n) is 5.09. The largest absolute Gasteiger partial charge is 0.494 e. The fourth-order valence-electron chi connectivity index (χ4n) is 3.38. The Labute approximate surface area is 168 Å². The minimum atomic E-state index is -0.423. The molecule has 0 spiro atoms. The number of carbonyl (C=O) groups excluding carboxylic acids is 1. The van der Waals surface area contributed by atoms with Crippen molar-refractivity contribution in [2.24, 2.45) is 5.92 Å². The number of ether oxygens (including phenoxy) is 1. The molecule has 6 heteroatoms. The average molecular weight is 399 g/mol. The maximum absolute atomic E-state index is 13.8. The SMILES string of the molecule is COc1ccc(/C=C/C(=O)N(CCN(C)C)C2CCC(C)CC2)cc1F.Cl. The van der Waals surface area contributed by atoms with Crippen LogP contribution in [0.3, 0.4) is 0 Å². The van der Waals surface area contributed by atoms with Gasteiger partial charge in [-0.05, 0) is 69.5 Å². The van der Waals surface area contributed by atoms with Crippen molar-refractivity contribution in [1.82, 2.24) is 9.80 Å². The number of hydrogen-bond acceptors (Lipinski definition) is 3. The number of amides is 1. The summed E-state index contributed by atoms with van der Waals surface area (Å²) in [6.07, 6.45) is 7.71. The number of rotatable bonds is 7. The van der Waals surface area contributed by atoms with E-state index in [9.17, 15) is 9.18 Å². The lowest BCUT2D eigenvalue weighted by Gasteiger charge is -2.36. The van der Waals surface area contributed by atoms with E-state index in [1.165, 1.54) is 26.0 Å². The summed E-state index contributed by atoms with van der Waals surface area (Å²) in [4.78, 5) is 16.9. The van der Waals surface area contributed by atoms with Crippen molar-refractivity contribution in [3.63, 3.8) is 0 Å². The van der Waals surface area contributed by atoms with Gasteiger partial charge in [-0.1, -0.05) is 13.0 Å². The van der Waals surface area contributed by atoms with E-state index in [2.05, 4.69) is 11.8 Å². The highest BCUT2D eigenvalue weighted by Gasteiger charge is 2.26. The van der Waals surface area contributed by atoms with E-state index >= 15 is 0 Å². The molecule has 2 rings (SSSR count). The summed E-state index contributed by atoms with van der Waals surface area (Å²) in [5, 5.41) is 0. The number of benzene rings is 1. The van der Waals surface area contributed by atoms with Gasteiger partial charge in [0.2, 0.25) is 5.91 Å². The predicted octanol–water partition coefficient (Wildman–Crippen LogP) is 4.24. The number of hydrogen-bond donors (Lipinski definition) is 0. The molecule has 0 radical (unpaired) electrons. The Morgan fingerprint density at radius 2 is 1.89 bits per heavy atom. The predicted molar refractivity (Wildman–Crippen MR) is 111 cm³/mol. The van der Waals surface area contributed by atoms with Crippen molar-refractivity contribution >= 4 is 24.4 Å². The molecule has 4 nitrogen and oxygen atoms in total. The molecule has 0 atom stereocenters. The van der Waals surface area contributed by atoms with Gasteiger partial charge in [0.05, 0.1) is 7.11 Å². The zero-order chi connectivity index (χ0) is 19.1. The molecule has 1 aromatic carbocycles. The second-order valence-electron chi connectivity index (χ2n) is 7.48. The molecule has 0 N–H and O–H groups in total. The number of nitrogens with zero attached hydrogens (tertiary/aromatic N) is 2. The molecule has 1 fully saturated rings. The Hall–Kier alpha value is -1.59. The molecular weight excluding hydrogens is 367 g/mol. The van der Waals surface area contributed by atoms with Crippen molar-refractivity contribution < 1.29 is 13.9 Å². The highest BCUT2D eigenvalue weighted by atomic mass is 35.5. The third kappa shape index (κ3) is 7.15. The summed E-state index contributed by atoms with van der Waals surface area (Å²) in [5.74, 6) is 0.530. The molecule has 0 bridgehead atoms. The highest BCUT2D eigenvalue weighted by molar-refractivity contribution is 5.92. The van der Waals surface area contributed by atoms with Crippen molar-refractivity contribution in [2.75, 3.05) is 34.3 Å². The summed E-state index contributed by atoms with van der Waals surface area (Å²) >= 11 is 0. The van der Waals surface area contributed by atoms with Gasteiger partial charge in [-0.3, -0.25) is 4.79 Å². The van der Waals surface area contributed by atoms with Gasteiger partial charge in [0, 0.05) is 25.2 Å². The van der Waals surface area contributed by atoms with Gasteiger partial charge >= 0.3 is 0 Å². The van der Waals surface area contributed by atoms with Crippen LogP contribution in [0.4, 0.5) is 4.39 Å². The first-order valence-electron chi connectivity index (χ1n) is 9.37. The fourth-order valence-corrected chi connectivity index (χ4v) is 3.38. The van der Waals surface area contributed by atoms with Crippen LogP contribution in [0.25, 0.3) is 6.08 Å². The molecule has 0 aromatic heterocycles. The van der Waals surface area contributed by atoms with E-state index in [1.807, 2.05) is 19.0 Å². The molecule has 0 heterocycles. The van der Waals surface area contributed by atoms with Crippen LogP contribution >= 0.6 is 12.4 Å². The van der Waals surface area contributed by atoms with Crippen LogP contribution < -0.4 is 4.74 Å². The van der Waals surface area contributed by atoms with Gasteiger partial charge in [0.1, 0.15) is 0 Å². The van der Waals surface area contributed by atoms with Crippen molar-refractivity contribution in [2.45, 2.75) is 38.6 Å². The Morgan fingerprint density at radius 3 is 2.44 bits per heavy atom. The molecule has 27 heavy (non-hydrogen) atoms. The minimum absolute atomic E-state index is 0. The minimum Gasteiger partial charge on any atom is -0.494 e. The lowest BCUT2D eigenvalue weighted by Crippen LogP contribution is -2.44. The maximum Gasteiger partial charge on any atom is 0.246 e. The van der Waals surface area contributed by atoms with Gasteiger partial charge in [0.25, 0.3) is 0 Å². The van der Waals surface area contributed by atoms with E-state index in [4.69, 9.17) is 4.74 Å². The Balaban J connectivity index is 0.00000364. The van der Waals surface area contributed by atoms with Crippen molar-refractivity contribution in [3.8, 4) is 5.75 Å². The van der Waals surface area contributed by atoms with Crippen LogP contribution in [0.15, 0.2) is 24.3 Å². The second-order valence-corrected chi connectivity index (χ2v) is 7.48. The molecule has 0 saturated heterocycles. The molecule has 0 aliphatic heterocycles. The van der Waals surface area contributed by atoms with Crippen molar-refractivity contribution in [3.05, 3.63) is 35.7 Å². The number of methoxy groups -OCH3 is 1. The summed E-state index contributed by atoms with van der Waals surface area (Å²) in [6.45, 7) is 3.83. The monoisotopic (exact) mass is 398 g/mol. The van der Waals surface area contributed by atoms with Crippen LogP contribution in [-0.2, 0) is 4.79 Å². The number of likely N-dealkylation sites (N-methyl/N-ethyl adjacent to an activating group) is 1. The zero-order valence-corrected chi connectivity index (χ0v) is 17.6. The smallest absolute Gasteiger partial charge is 0.246 e. The molecular formula is C21H32ClFN2O2. The quantitative estimate of drug-likeness (QED) is 0.644. The van der Waals surface area contributed by atoms with Crippen LogP contribution in [0.2, 0.25) is 0 Å². The summed E-state index contributed by atoms with van der Waals surface area (Å²) in [6, 6.07) is 5.01. The van der Waals surface area contributed by atoms with E-state index < -0.39 is 5.82 Å². The Morgan fingerprint density at radius 1 is 1.22 bits per heavy atom. The normalized spacial score (nSPS) is 19.8. The first-order valence-corrected chi connectivity index (χ1v) is 9.37. The Kier molecular flexibility index (Phi) is 9.81. The molecule has 1 aromatic rings. The van der Waals surface area contributed by atoms with Gasteiger partial charge in [-0.15, -0.1) is 12.4 Å². The summed E-state index contributed by atoms with van der Waals surface area (Å²) in [5.41, 5.74) is 0.654. The topological polar surface area (TPSA) is 32.8 Å². The average Bonchev–Trinajstić information content (AvgIpc) is 2.61. The third-order valence-corrected chi connectivity index (χ3v) is 5.09. The molecule has 1 saturated carbocycles. The van der Waals surface area contributed by atoms with Gasteiger partial charge < -0.3 is 14.5 Å². The second kappa shape index (κ2) is 11.3. The first kappa shape index (κ1) is 23.4. The van der Waals surface area contributed by atoms with E-state index in [0.29, 0.717) is 18.2 Å². The Bertz CT molecular complexity index is 629. The summed E-state index contributed by atoms with van der Waals surface area (Å²) < 4.78 is 18.7. The van der Waals surface area contributed by atoms with Gasteiger partial charge in [0.15, 0.2) is 11.6 Å². The molecule has 1 aliphatic rings. The van der Waals surface area contributed by atoms with Crippen LogP contribution in [-0.4, -0.2) is 56.0 Å². The van der Waals surface area contributed by atoms with Gasteiger partial charge in [-0.25, -0.2) is 4.39 Å². The van der Waals surface area contributed by atoms with E-state index in [-0.39, 0.29) is 24.1 Å². The summed E-state index contributed by atoms with van der Waals surface area (Å²) in [7, 11) is 5.47. The molecule has 1 aliphatic carbocycles. The maximum atomic E-state index is 13.8. The molecule has 152 valence electrons. The van der Waals surface area contributed by atoms with Crippen LogP contribution in [0, 0.1) is 11.7 Å². The van der Waals surface area contributed by atoms with Crippen molar-refractivity contribution in [1.29, 1.82) is 0 Å². The van der Waals surface area contributed by atoms with E-state index in [0.717, 1.165) is 25.3 Å². The van der Waals surface area contributed by atoms with Crippen LogP contribution in [0.1, 0.15) is 38.2 Å². The van der Waals surface area contributed by atoms with Gasteiger partial charge in [-0.2, -0.15) is 0 Å². The number of halogens is 2. The zero-order valence-electron chi connectivity index (χ0n) is 16.8. The van der Waals surface area contributed by atoms with E-state index in [1.54, 1.807) is 24.3 Å². The van der Waals surface area contributed by atoms with Crippen LogP contribution in [0.5, 0.6) is 5.75 Å². The lowest BCUT2D eigenvalue weighted by atomic mass is 9.86. The fraction of sp³-hybridized carbons (Fsp3) is 0.571. The first-order chi connectivity index (χ1) is 12.4. The highest BCUT2D eigenvalue weighted by Crippen LogP contribution is 2.27. The standard InChI is InChI=1S/C21H31FN2O2.ClH/c1-16-5-9-18(10-6-16)24(14-13-23(2)3)21(25)12-8-17-7-11-20(26-4)19(22)15-17;/h7-8,11-12,15-16,18H,5-6,9-10,13-14H2,1-4H3;1H/b12-8+;. The molecule has 0 unspecified atom stereocenters. The lowest BCUT2D eigenvalue weighted by molar-refractivity contribution is -0.129.